The molecule has 114 valence electrons. The first-order valence-electron chi connectivity index (χ1n) is 8.08. The Bertz CT molecular complexity index is 992. The van der Waals surface area contributed by atoms with Crippen LogP contribution in [0.25, 0.3) is 32.4 Å². The molecule has 0 radical (unpaired) electrons. The van der Waals surface area contributed by atoms with Crippen LogP contribution in [0.5, 0.6) is 0 Å². The number of aromatic nitrogens is 1. The molecule has 0 fully saturated rings. The van der Waals surface area contributed by atoms with Gasteiger partial charge in [0.25, 0.3) is 0 Å². The fourth-order valence-electron chi connectivity index (χ4n) is 2.94. The average Bonchev–Trinajstić information content (AvgIpc) is 2.68. The van der Waals surface area contributed by atoms with E-state index in [1.165, 1.54) is 26.9 Å². The topological polar surface area (TPSA) is 12.9 Å². The van der Waals surface area contributed by atoms with E-state index in [4.69, 9.17) is 0 Å². The molecular formula is C23H17N. The standard InChI is InChI=1S/C13H9N.C10H8/c1-2-6-11-10(5-1)9-14-13-8-4-3-7-12(11)13;1-2-6-10-8-4-3-7-9(10)5-1/h1-9H;1-8H. The van der Waals surface area contributed by atoms with E-state index in [1.807, 2.05) is 24.4 Å². The van der Waals surface area contributed by atoms with Crippen LogP contribution < -0.4 is 0 Å². The highest BCUT2D eigenvalue weighted by atomic mass is 14.6. The van der Waals surface area contributed by atoms with Crippen LogP contribution in [0.2, 0.25) is 0 Å². The van der Waals surface area contributed by atoms with E-state index < -0.39 is 0 Å². The van der Waals surface area contributed by atoms with Gasteiger partial charge in [0.1, 0.15) is 0 Å². The van der Waals surface area contributed by atoms with E-state index in [9.17, 15) is 0 Å². The Morgan fingerprint density at radius 1 is 0.417 bits per heavy atom. The molecule has 1 nitrogen and oxygen atoms in total. The summed E-state index contributed by atoms with van der Waals surface area (Å²) >= 11 is 0. The minimum Gasteiger partial charge on any atom is -0.256 e. The van der Waals surface area contributed by atoms with Gasteiger partial charge in [0.05, 0.1) is 5.52 Å². The predicted molar refractivity (Wildman–Crippen MR) is 103 cm³/mol. The van der Waals surface area contributed by atoms with Gasteiger partial charge in [-0.1, -0.05) is 91.0 Å². The minimum atomic E-state index is 1.06. The molecule has 0 aliphatic carbocycles. The summed E-state index contributed by atoms with van der Waals surface area (Å²) in [6, 6.07) is 33.3. The predicted octanol–water partition coefficient (Wildman–Crippen LogP) is 6.23. The zero-order chi connectivity index (χ0) is 16.2. The maximum Gasteiger partial charge on any atom is 0.0708 e. The number of nitrogens with zero attached hydrogens (tertiary/aromatic N) is 1. The Labute approximate surface area is 141 Å². The second kappa shape index (κ2) is 6.51. The van der Waals surface area contributed by atoms with Crippen LogP contribution >= 0.6 is 0 Å². The third-order valence-electron chi connectivity index (χ3n) is 4.16. The fourth-order valence-corrected chi connectivity index (χ4v) is 2.94. The Morgan fingerprint density at radius 3 is 1.50 bits per heavy atom. The van der Waals surface area contributed by atoms with Gasteiger partial charge in [-0.15, -0.1) is 0 Å². The third-order valence-corrected chi connectivity index (χ3v) is 4.16. The molecule has 0 amide bonds. The lowest BCUT2D eigenvalue weighted by molar-refractivity contribution is 1.44. The number of benzene rings is 4. The highest BCUT2D eigenvalue weighted by Gasteiger charge is 1.98. The second-order valence-corrected chi connectivity index (χ2v) is 5.71. The van der Waals surface area contributed by atoms with Gasteiger partial charge in [-0.2, -0.15) is 0 Å². The zero-order valence-corrected chi connectivity index (χ0v) is 13.3. The summed E-state index contributed by atoms with van der Waals surface area (Å²) in [6.07, 6.45) is 1.93. The monoisotopic (exact) mass is 307 g/mol. The highest BCUT2D eigenvalue weighted by Crippen LogP contribution is 2.22. The third kappa shape index (κ3) is 2.84. The number of para-hydroxylation sites is 1. The van der Waals surface area contributed by atoms with E-state index in [2.05, 4.69) is 83.8 Å². The van der Waals surface area contributed by atoms with Gasteiger partial charge in [-0.25, -0.2) is 0 Å². The molecule has 0 spiro atoms. The summed E-state index contributed by atoms with van der Waals surface area (Å²) in [4.78, 5) is 4.41. The molecule has 0 N–H and O–H groups in total. The van der Waals surface area contributed by atoms with E-state index in [0.29, 0.717) is 0 Å². The molecule has 0 aliphatic heterocycles. The Hall–Kier alpha value is -3.19. The first-order chi connectivity index (χ1) is 11.9. The van der Waals surface area contributed by atoms with Gasteiger partial charge in [0, 0.05) is 17.0 Å². The molecule has 24 heavy (non-hydrogen) atoms. The molecule has 4 aromatic carbocycles. The normalized spacial score (nSPS) is 10.5. The van der Waals surface area contributed by atoms with Crippen LogP contribution in [-0.2, 0) is 0 Å². The number of pyridine rings is 1. The van der Waals surface area contributed by atoms with Gasteiger partial charge < -0.3 is 0 Å². The number of rotatable bonds is 0. The lowest BCUT2D eigenvalue weighted by Crippen LogP contribution is -1.80. The van der Waals surface area contributed by atoms with E-state index in [1.54, 1.807) is 0 Å². The molecule has 0 bridgehead atoms. The van der Waals surface area contributed by atoms with Gasteiger partial charge in [-0.3, -0.25) is 4.98 Å². The van der Waals surface area contributed by atoms with Crippen molar-refractivity contribution in [3.63, 3.8) is 0 Å². The van der Waals surface area contributed by atoms with E-state index >= 15 is 0 Å². The maximum absolute atomic E-state index is 4.41. The molecule has 0 saturated carbocycles. The summed E-state index contributed by atoms with van der Waals surface area (Å²) in [5.41, 5.74) is 1.06. The first kappa shape index (κ1) is 14.4. The summed E-state index contributed by atoms with van der Waals surface area (Å²) in [7, 11) is 0. The van der Waals surface area contributed by atoms with Crippen molar-refractivity contribution >= 4 is 32.4 Å². The Balaban J connectivity index is 0.000000129. The summed E-state index contributed by atoms with van der Waals surface area (Å²) in [5, 5.41) is 6.32. The largest absolute Gasteiger partial charge is 0.256 e. The molecule has 0 saturated heterocycles. The molecule has 1 aromatic heterocycles. The molecule has 5 aromatic rings. The molecule has 5 rings (SSSR count). The van der Waals surface area contributed by atoms with E-state index in [0.717, 1.165) is 5.52 Å². The Morgan fingerprint density at radius 2 is 0.875 bits per heavy atom. The SMILES string of the molecule is c1ccc2c(c1)cnc1ccccc12.c1ccc2ccccc2c1. The summed E-state index contributed by atoms with van der Waals surface area (Å²) in [6.45, 7) is 0. The second-order valence-electron chi connectivity index (χ2n) is 5.71. The number of hydrogen-bond acceptors (Lipinski definition) is 1. The first-order valence-corrected chi connectivity index (χ1v) is 8.08. The Kier molecular flexibility index (Phi) is 3.91. The zero-order valence-electron chi connectivity index (χ0n) is 13.3. The highest BCUT2D eigenvalue weighted by molar-refractivity contribution is 6.05. The van der Waals surface area contributed by atoms with Crippen molar-refractivity contribution in [3.05, 3.63) is 103 Å². The van der Waals surface area contributed by atoms with Crippen LogP contribution in [0.1, 0.15) is 0 Å². The van der Waals surface area contributed by atoms with Crippen LogP contribution in [0, 0.1) is 0 Å². The number of fused-ring (bicyclic) bond motifs is 4. The lowest BCUT2D eigenvalue weighted by atomic mass is 10.1. The minimum absolute atomic E-state index is 1.06. The van der Waals surface area contributed by atoms with Crippen molar-refractivity contribution in [2.24, 2.45) is 0 Å². The average molecular weight is 307 g/mol. The van der Waals surface area contributed by atoms with Crippen molar-refractivity contribution < 1.29 is 0 Å². The number of hydrogen-bond donors (Lipinski definition) is 0. The van der Waals surface area contributed by atoms with Crippen molar-refractivity contribution in [3.8, 4) is 0 Å². The molecule has 1 heteroatoms. The molecule has 0 aliphatic rings. The van der Waals surface area contributed by atoms with Gasteiger partial charge >= 0.3 is 0 Å². The van der Waals surface area contributed by atoms with Crippen molar-refractivity contribution in [1.82, 2.24) is 4.98 Å². The van der Waals surface area contributed by atoms with Gasteiger partial charge in [-0.05, 0) is 22.2 Å². The fraction of sp³-hybridized carbons (Fsp3) is 0. The smallest absolute Gasteiger partial charge is 0.0708 e. The molecule has 0 unspecified atom stereocenters. The van der Waals surface area contributed by atoms with Gasteiger partial charge in [0.2, 0.25) is 0 Å². The van der Waals surface area contributed by atoms with Crippen molar-refractivity contribution in [2.45, 2.75) is 0 Å². The van der Waals surface area contributed by atoms with E-state index in [-0.39, 0.29) is 0 Å². The van der Waals surface area contributed by atoms with Crippen LogP contribution in [0.3, 0.4) is 0 Å². The van der Waals surface area contributed by atoms with Crippen molar-refractivity contribution in [2.75, 3.05) is 0 Å². The van der Waals surface area contributed by atoms with Crippen LogP contribution in [0.15, 0.2) is 103 Å². The maximum atomic E-state index is 4.41. The molecule has 1 heterocycles. The van der Waals surface area contributed by atoms with Gasteiger partial charge in [0.15, 0.2) is 0 Å². The van der Waals surface area contributed by atoms with Crippen molar-refractivity contribution in [1.29, 1.82) is 0 Å². The molecule has 0 atom stereocenters. The van der Waals surface area contributed by atoms with Crippen LogP contribution in [-0.4, -0.2) is 4.98 Å². The quantitative estimate of drug-likeness (QED) is 0.309. The lowest BCUT2D eigenvalue weighted by Gasteiger charge is -2.01. The summed E-state index contributed by atoms with van der Waals surface area (Å²) < 4.78 is 0. The molecular weight excluding hydrogens is 290 g/mol. The van der Waals surface area contributed by atoms with Crippen LogP contribution in [0.4, 0.5) is 0 Å². The summed E-state index contributed by atoms with van der Waals surface area (Å²) in [5.74, 6) is 0.